The maximum absolute atomic E-state index is 4.61. The van der Waals surface area contributed by atoms with Gasteiger partial charge in [-0.05, 0) is 29.6 Å². The van der Waals surface area contributed by atoms with Crippen molar-refractivity contribution in [3.8, 4) is 28.5 Å². The van der Waals surface area contributed by atoms with E-state index in [9.17, 15) is 0 Å². The molecule has 0 atom stereocenters. The zero-order chi connectivity index (χ0) is 30.0. The molecule has 0 N–H and O–H groups in total. The van der Waals surface area contributed by atoms with Gasteiger partial charge in [0.15, 0.2) is 0 Å². The smallest absolute Gasteiger partial charge is 0.328 e. The fraction of sp³-hybridized carbons (Fsp3) is 0. The summed E-state index contributed by atoms with van der Waals surface area (Å²) in [6.07, 6.45) is 7.11. The molecule has 0 fully saturated rings. The summed E-state index contributed by atoms with van der Waals surface area (Å²) >= 11 is 3.23. The van der Waals surface area contributed by atoms with Gasteiger partial charge in [0.25, 0.3) is 0 Å². The van der Waals surface area contributed by atoms with Gasteiger partial charge in [0.2, 0.25) is 5.95 Å². The van der Waals surface area contributed by atoms with Crippen molar-refractivity contribution in [1.29, 1.82) is 0 Å². The fourth-order valence-electron chi connectivity index (χ4n) is 5.15. The van der Waals surface area contributed by atoms with E-state index in [1.807, 2.05) is 71.3 Å². The minimum Gasteiger partial charge on any atom is -0.328 e. The van der Waals surface area contributed by atoms with Crippen LogP contribution in [0.2, 0.25) is 0 Å². The van der Waals surface area contributed by atoms with Gasteiger partial charge in [0.05, 0.1) is 0 Å². The van der Waals surface area contributed by atoms with E-state index in [1.165, 1.54) is 0 Å². The molecule has 0 bridgehead atoms. The molecule has 4 heterocycles. The SMILES string of the molecule is [Pd+2].[Pt+2].[c-]1c(Sc2[c-]c3c(cc2)c2ccc(Sc4[c-]c(-c5ccccn5)ccc4)[c-]c2n3-c2ncccn2)cccc1-c1ccccn1. The largest absolute Gasteiger partial charge is 2.00 e. The van der Waals surface area contributed by atoms with Gasteiger partial charge in [0.1, 0.15) is 0 Å². The molecule has 0 unspecified atom stereocenters. The third kappa shape index (κ3) is 7.04. The Hall–Kier alpha value is -3.89. The summed E-state index contributed by atoms with van der Waals surface area (Å²) in [7, 11) is 0. The molecule has 4 aromatic carbocycles. The summed E-state index contributed by atoms with van der Waals surface area (Å²) in [6, 6.07) is 48.7. The van der Waals surface area contributed by atoms with Crippen molar-refractivity contribution in [2.75, 3.05) is 0 Å². The van der Waals surface area contributed by atoms with Crippen molar-refractivity contribution in [2.45, 2.75) is 19.6 Å². The quantitative estimate of drug-likeness (QED) is 0.118. The molecule has 0 amide bonds. The first-order valence-corrected chi connectivity index (χ1v) is 15.9. The van der Waals surface area contributed by atoms with Gasteiger partial charge in [-0.3, -0.25) is 0 Å². The van der Waals surface area contributed by atoms with Crippen LogP contribution in [-0.4, -0.2) is 24.5 Å². The number of benzene rings is 4. The Balaban J connectivity index is 0.00000193. The standard InChI is InChI=1S/C38H21N5S2.Pd.Pt/c1-3-18-39-34(12-1)26-8-5-10-28(22-26)44-30-14-16-32-33-17-15-31(25-37(33)43(36(32)24-30)38-41-20-7-21-42-38)45-29-11-6-9-27(23-29)35-13-2-4-19-40-35;;/h1-21H;;/q-4;2*+2. The summed E-state index contributed by atoms with van der Waals surface area (Å²) in [5.74, 6) is 0.571. The van der Waals surface area contributed by atoms with Crippen molar-refractivity contribution in [3.05, 3.63) is 152 Å². The third-order valence-electron chi connectivity index (χ3n) is 7.14. The van der Waals surface area contributed by atoms with Crippen LogP contribution in [0.1, 0.15) is 0 Å². The van der Waals surface area contributed by atoms with Gasteiger partial charge in [-0.25, -0.2) is 9.97 Å². The number of hydrogen-bond acceptors (Lipinski definition) is 6. The second kappa shape index (κ2) is 14.9. The molecule has 5 nitrogen and oxygen atoms in total. The molecule has 0 aliphatic heterocycles. The second-order valence-electron chi connectivity index (χ2n) is 10.0. The third-order valence-corrected chi connectivity index (χ3v) is 8.98. The first-order valence-electron chi connectivity index (χ1n) is 14.2. The molecule has 0 radical (unpaired) electrons. The van der Waals surface area contributed by atoms with Crippen molar-refractivity contribution in [3.63, 3.8) is 0 Å². The Kier molecular flexibility index (Phi) is 10.5. The number of nitrogens with zero attached hydrogens (tertiary/aromatic N) is 5. The Bertz CT molecular complexity index is 2140. The van der Waals surface area contributed by atoms with Gasteiger partial charge < -0.3 is 14.5 Å². The second-order valence-corrected chi connectivity index (χ2v) is 12.2. The average Bonchev–Trinajstić information content (AvgIpc) is 3.42. The molecule has 0 aliphatic rings. The molecule has 9 heteroatoms. The molecule has 47 heavy (non-hydrogen) atoms. The van der Waals surface area contributed by atoms with Crippen LogP contribution in [0.15, 0.2) is 147 Å². The molecule has 230 valence electrons. The summed E-state index contributed by atoms with van der Waals surface area (Å²) in [4.78, 5) is 22.1. The Morgan fingerprint density at radius 2 is 0.915 bits per heavy atom. The van der Waals surface area contributed by atoms with E-state index < -0.39 is 0 Å². The monoisotopic (exact) mass is 912 g/mol. The van der Waals surface area contributed by atoms with E-state index in [2.05, 4.69) is 80.6 Å². The van der Waals surface area contributed by atoms with E-state index in [4.69, 9.17) is 0 Å². The molecule has 8 aromatic rings. The van der Waals surface area contributed by atoms with Crippen LogP contribution in [0.3, 0.4) is 0 Å². The molecule has 0 saturated heterocycles. The van der Waals surface area contributed by atoms with Gasteiger partial charge in [-0.2, -0.15) is 35.0 Å². The predicted molar refractivity (Wildman–Crippen MR) is 179 cm³/mol. The number of hydrogen-bond donors (Lipinski definition) is 0. The normalized spacial score (nSPS) is 10.8. The topological polar surface area (TPSA) is 56.5 Å². The Morgan fingerprint density at radius 1 is 0.447 bits per heavy atom. The molecular formula is C38H21N5PdPtS2. The first-order chi connectivity index (χ1) is 22.3. The zero-order valence-electron chi connectivity index (χ0n) is 24.3. The molecule has 4 aromatic heterocycles. The van der Waals surface area contributed by atoms with Crippen LogP contribution in [0.4, 0.5) is 0 Å². The average molecular weight is 913 g/mol. The van der Waals surface area contributed by atoms with Crippen molar-refractivity contribution < 1.29 is 41.5 Å². The van der Waals surface area contributed by atoms with Crippen LogP contribution in [0, 0.1) is 24.3 Å². The maximum atomic E-state index is 4.61. The van der Waals surface area contributed by atoms with Crippen molar-refractivity contribution in [1.82, 2.24) is 24.5 Å². The summed E-state index contributed by atoms with van der Waals surface area (Å²) in [5.41, 5.74) is 5.48. The van der Waals surface area contributed by atoms with E-state index in [-0.39, 0.29) is 41.5 Å². The van der Waals surface area contributed by atoms with Gasteiger partial charge in [0, 0.05) is 24.8 Å². The Morgan fingerprint density at radius 3 is 1.38 bits per heavy atom. The van der Waals surface area contributed by atoms with E-state index in [1.54, 1.807) is 48.3 Å². The Labute approximate surface area is 309 Å². The van der Waals surface area contributed by atoms with E-state index >= 15 is 0 Å². The predicted octanol–water partition coefficient (Wildman–Crippen LogP) is 9.20. The molecule has 8 rings (SSSR count). The van der Waals surface area contributed by atoms with Crippen LogP contribution >= 0.6 is 23.5 Å². The number of aromatic nitrogens is 5. The molecule has 0 aliphatic carbocycles. The number of pyridine rings is 2. The molecule has 0 saturated carbocycles. The van der Waals surface area contributed by atoms with E-state index in [0.29, 0.717) is 5.95 Å². The maximum Gasteiger partial charge on any atom is 2.00 e. The number of fused-ring (bicyclic) bond motifs is 3. The van der Waals surface area contributed by atoms with E-state index in [0.717, 1.165) is 63.9 Å². The minimum atomic E-state index is 0. The van der Waals surface area contributed by atoms with Crippen molar-refractivity contribution in [2.24, 2.45) is 0 Å². The minimum absolute atomic E-state index is 0. The fourth-order valence-corrected chi connectivity index (χ4v) is 6.80. The zero-order valence-corrected chi connectivity index (χ0v) is 29.8. The van der Waals surface area contributed by atoms with Gasteiger partial charge in [-0.15, -0.1) is 105 Å². The summed E-state index contributed by atoms with van der Waals surface area (Å²) in [5, 5.41) is 2.12. The molecular weight excluding hydrogens is 892 g/mol. The van der Waals surface area contributed by atoms with Crippen LogP contribution < -0.4 is 0 Å². The first kappa shape index (κ1) is 33.0. The van der Waals surface area contributed by atoms with Gasteiger partial charge in [-0.1, -0.05) is 45.1 Å². The van der Waals surface area contributed by atoms with Gasteiger partial charge >= 0.3 is 41.5 Å². The summed E-state index contributed by atoms with van der Waals surface area (Å²) in [6.45, 7) is 0. The van der Waals surface area contributed by atoms with Crippen LogP contribution in [-0.2, 0) is 41.5 Å². The van der Waals surface area contributed by atoms with Crippen molar-refractivity contribution >= 4 is 45.3 Å². The molecule has 0 spiro atoms. The van der Waals surface area contributed by atoms with Crippen LogP contribution in [0.5, 0.6) is 0 Å². The van der Waals surface area contributed by atoms with Crippen LogP contribution in [0.25, 0.3) is 50.3 Å². The summed E-state index contributed by atoms with van der Waals surface area (Å²) < 4.78 is 2.04. The number of rotatable bonds is 7.